The molecule has 3 aromatic carbocycles. The second-order valence-electron chi connectivity index (χ2n) is 4.03. The van der Waals surface area contributed by atoms with E-state index in [1.165, 1.54) is 0 Å². The van der Waals surface area contributed by atoms with Crippen LogP contribution in [0.3, 0.4) is 0 Å². The lowest BCUT2D eigenvalue weighted by Gasteiger charge is -2.09. The fourth-order valence-corrected chi connectivity index (χ4v) is 3.06. The minimum Gasteiger partial charge on any atom is -0.192 e. The van der Waals surface area contributed by atoms with Crippen molar-refractivity contribution in [1.82, 2.24) is 0 Å². The van der Waals surface area contributed by atoms with E-state index >= 15 is 0 Å². The van der Waals surface area contributed by atoms with E-state index in [9.17, 15) is 5.26 Å². The molecule has 3 aromatic rings. The third-order valence-corrected chi connectivity index (χ3v) is 4.01. The number of halogens is 2. The van der Waals surface area contributed by atoms with Crippen LogP contribution in [-0.2, 0) is 0 Å². The molecule has 0 aromatic heterocycles. The molecule has 0 aliphatic carbocycles. The van der Waals surface area contributed by atoms with Crippen molar-refractivity contribution >= 4 is 49.1 Å². The molecule has 18 heavy (non-hydrogen) atoms. The van der Waals surface area contributed by atoms with Gasteiger partial charge in [0, 0.05) is 25.7 Å². The number of nitriles is 1. The van der Waals surface area contributed by atoms with E-state index in [4.69, 9.17) is 11.6 Å². The Kier molecular flexibility index (Phi) is 2.74. The van der Waals surface area contributed by atoms with Crippen molar-refractivity contribution in [2.75, 3.05) is 0 Å². The van der Waals surface area contributed by atoms with Gasteiger partial charge >= 0.3 is 0 Å². The summed E-state index contributed by atoms with van der Waals surface area (Å²) in [6, 6.07) is 15.7. The van der Waals surface area contributed by atoms with Crippen molar-refractivity contribution in [1.29, 1.82) is 5.26 Å². The second-order valence-corrected chi connectivity index (χ2v) is 5.29. The van der Waals surface area contributed by atoms with Gasteiger partial charge in [-0.3, -0.25) is 0 Å². The van der Waals surface area contributed by atoms with Gasteiger partial charge in [-0.05, 0) is 23.6 Å². The fraction of sp³-hybridized carbons (Fsp3) is 0. The predicted molar refractivity (Wildman–Crippen MR) is 78.9 cm³/mol. The van der Waals surface area contributed by atoms with Crippen LogP contribution in [-0.4, -0.2) is 0 Å². The number of hydrogen-bond donors (Lipinski definition) is 0. The summed E-state index contributed by atoms with van der Waals surface area (Å²) in [5.74, 6) is 0. The van der Waals surface area contributed by atoms with Crippen LogP contribution in [0.2, 0.25) is 5.02 Å². The number of benzene rings is 3. The highest BCUT2D eigenvalue weighted by Crippen LogP contribution is 2.37. The monoisotopic (exact) mass is 315 g/mol. The van der Waals surface area contributed by atoms with E-state index in [0.29, 0.717) is 10.6 Å². The smallest absolute Gasteiger partial charge is 0.0998 e. The van der Waals surface area contributed by atoms with E-state index < -0.39 is 0 Å². The molecule has 0 N–H and O–H groups in total. The van der Waals surface area contributed by atoms with Crippen molar-refractivity contribution in [3.8, 4) is 6.07 Å². The first-order valence-corrected chi connectivity index (χ1v) is 6.59. The van der Waals surface area contributed by atoms with Crippen LogP contribution in [0.15, 0.2) is 46.9 Å². The standard InChI is InChI=1S/C15H7BrClN/c16-13-6-5-9(8-18)12-7-14(17)10-3-1-2-4-11(10)15(12)13/h1-7H. The number of nitrogens with zero attached hydrogens (tertiary/aromatic N) is 1. The van der Waals surface area contributed by atoms with E-state index in [1.807, 2.05) is 36.4 Å². The van der Waals surface area contributed by atoms with Gasteiger partial charge in [0.2, 0.25) is 0 Å². The quantitative estimate of drug-likeness (QED) is 0.518. The molecular weight excluding hydrogens is 310 g/mol. The summed E-state index contributed by atoms with van der Waals surface area (Å²) in [6.45, 7) is 0. The first kappa shape index (κ1) is 11.5. The molecule has 0 aliphatic rings. The zero-order valence-corrected chi connectivity index (χ0v) is 11.6. The van der Waals surface area contributed by atoms with Crippen molar-refractivity contribution in [3.63, 3.8) is 0 Å². The molecule has 0 aliphatic heterocycles. The minimum absolute atomic E-state index is 0.640. The normalized spacial score (nSPS) is 10.7. The summed E-state index contributed by atoms with van der Waals surface area (Å²) in [7, 11) is 0. The van der Waals surface area contributed by atoms with Crippen molar-refractivity contribution in [3.05, 3.63) is 57.5 Å². The fourth-order valence-electron chi connectivity index (χ4n) is 2.23. The zero-order chi connectivity index (χ0) is 12.7. The highest BCUT2D eigenvalue weighted by molar-refractivity contribution is 9.10. The molecule has 0 atom stereocenters. The topological polar surface area (TPSA) is 23.8 Å². The zero-order valence-electron chi connectivity index (χ0n) is 9.24. The SMILES string of the molecule is N#Cc1ccc(Br)c2c1cc(Cl)c1ccccc12. The Balaban J connectivity index is 2.68. The summed E-state index contributed by atoms with van der Waals surface area (Å²) in [5.41, 5.74) is 0.640. The average molecular weight is 317 g/mol. The van der Waals surface area contributed by atoms with Crippen molar-refractivity contribution < 1.29 is 0 Å². The largest absolute Gasteiger partial charge is 0.192 e. The van der Waals surface area contributed by atoms with Gasteiger partial charge in [0.05, 0.1) is 11.6 Å². The molecule has 0 bridgehead atoms. The van der Waals surface area contributed by atoms with Gasteiger partial charge in [-0.1, -0.05) is 51.8 Å². The Labute approximate surface area is 118 Å². The molecule has 86 valence electrons. The van der Waals surface area contributed by atoms with Gasteiger partial charge in [0.1, 0.15) is 0 Å². The van der Waals surface area contributed by atoms with Crippen LogP contribution in [0, 0.1) is 11.3 Å². The Morgan fingerprint density at radius 3 is 2.44 bits per heavy atom. The van der Waals surface area contributed by atoms with Gasteiger partial charge in [0.15, 0.2) is 0 Å². The van der Waals surface area contributed by atoms with Gasteiger partial charge in [-0.25, -0.2) is 0 Å². The molecule has 0 spiro atoms. The third-order valence-electron chi connectivity index (χ3n) is 3.04. The molecule has 0 radical (unpaired) electrons. The number of hydrogen-bond acceptors (Lipinski definition) is 1. The predicted octanol–water partition coefficient (Wildman–Crippen LogP) is 5.28. The Morgan fingerprint density at radius 2 is 1.72 bits per heavy atom. The Morgan fingerprint density at radius 1 is 1.00 bits per heavy atom. The summed E-state index contributed by atoms with van der Waals surface area (Å²) >= 11 is 9.85. The first-order chi connectivity index (χ1) is 8.72. The van der Waals surface area contributed by atoms with E-state index in [-0.39, 0.29) is 0 Å². The highest BCUT2D eigenvalue weighted by atomic mass is 79.9. The second kappa shape index (κ2) is 4.28. The molecule has 0 fully saturated rings. The van der Waals surface area contributed by atoms with Gasteiger partial charge in [-0.2, -0.15) is 5.26 Å². The molecule has 0 saturated carbocycles. The molecule has 0 heterocycles. The summed E-state index contributed by atoms with van der Waals surface area (Å²) in [6.07, 6.45) is 0. The summed E-state index contributed by atoms with van der Waals surface area (Å²) < 4.78 is 0.976. The molecule has 3 heteroatoms. The molecule has 0 saturated heterocycles. The highest BCUT2D eigenvalue weighted by Gasteiger charge is 2.10. The van der Waals surface area contributed by atoms with Crippen LogP contribution >= 0.6 is 27.5 Å². The summed E-state index contributed by atoms with van der Waals surface area (Å²) in [4.78, 5) is 0. The maximum absolute atomic E-state index is 9.18. The van der Waals surface area contributed by atoms with Gasteiger partial charge in [0.25, 0.3) is 0 Å². The van der Waals surface area contributed by atoms with Crippen LogP contribution in [0.5, 0.6) is 0 Å². The van der Waals surface area contributed by atoms with Crippen LogP contribution in [0.1, 0.15) is 5.56 Å². The van der Waals surface area contributed by atoms with Crippen LogP contribution < -0.4 is 0 Å². The van der Waals surface area contributed by atoms with Crippen molar-refractivity contribution in [2.45, 2.75) is 0 Å². The van der Waals surface area contributed by atoms with E-state index in [2.05, 4.69) is 22.0 Å². The number of fused-ring (bicyclic) bond motifs is 3. The average Bonchev–Trinajstić information content (AvgIpc) is 2.39. The van der Waals surface area contributed by atoms with Gasteiger partial charge in [-0.15, -0.1) is 0 Å². The lowest BCUT2D eigenvalue weighted by Crippen LogP contribution is -1.85. The van der Waals surface area contributed by atoms with Crippen LogP contribution in [0.4, 0.5) is 0 Å². The first-order valence-electron chi connectivity index (χ1n) is 5.42. The van der Waals surface area contributed by atoms with E-state index in [1.54, 1.807) is 6.07 Å². The lowest BCUT2D eigenvalue weighted by molar-refractivity contribution is 1.50. The molecule has 0 amide bonds. The Bertz CT molecular complexity index is 818. The van der Waals surface area contributed by atoms with E-state index in [0.717, 1.165) is 26.0 Å². The molecule has 0 unspecified atom stereocenters. The van der Waals surface area contributed by atoms with Gasteiger partial charge < -0.3 is 0 Å². The maximum Gasteiger partial charge on any atom is 0.0998 e. The molecular formula is C15H7BrClN. The summed E-state index contributed by atoms with van der Waals surface area (Å²) in [5, 5.41) is 13.8. The van der Waals surface area contributed by atoms with Crippen molar-refractivity contribution in [2.24, 2.45) is 0 Å². The minimum atomic E-state index is 0.640. The number of rotatable bonds is 0. The molecule has 3 rings (SSSR count). The lowest BCUT2D eigenvalue weighted by atomic mass is 9.99. The Hall–Kier alpha value is -1.56. The third kappa shape index (κ3) is 1.59. The maximum atomic E-state index is 9.18. The molecule has 1 nitrogen and oxygen atoms in total. The van der Waals surface area contributed by atoms with Crippen LogP contribution in [0.25, 0.3) is 21.5 Å².